The SMILES string of the molecule is CC(Sc1nnc(Cc2cccs2)n1C1CC1)C(=O)NCc1ccc2c(c1)OCO2. The van der Waals surface area contributed by atoms with Gasteiger partial charge < -0.3 is 19.4 Å². The predicted octanol–water partition coefficient (Wildman–Crippen LogP) is 3.79. The first-order chi connectivity index (χ1) is 14.7. The smallest absolute Gasteiger partial charge is 0.233 e. The van der Waals surface area contributed by atoms with Gasteiger partial charge in [0, 0.05) is 23.9 Å². The Hall–Kier alpha value is -2.52. The number of nitrogens with one attached hydrogen (secondary N) is 1. The second kappa shape index (κ2) is 8.31. The zero-order valence-electron chi connectivity index (χ0n) is 16.5. The van der Waals surface area contributed by atoms with Crippen LogP contribution in [0.1, 0.15) is 42.1 Å². The van der Waals surface area contributed by atoms with Crippen LogP contribution < -0.4 is 14.8 Å². The van der Waals surface area contributed by atoms with Crippen molar-refractivity contribution in [3.8, 4) is 11.5 Å². The number of nitrogens with zero attached hydrogens (tertiary/aromatic N) is 3. The molecule has 1 saturated carbocycles. The van der Waals surface area contributed by atoms with E-state index in [0.29, 0.717) is 12.6 Å². The number of hydrogen-bond acceptors (Lipinski definition) is 7. The molecule has 1 unspecified atom stereocenters. The lowest BCUT2D eigenvalue weighted by atomic mass is 10.2. The number of carbonyl (C=O) groups excluding carboxylic acids is 1. The summed E-state index contributed by atoms with van der Waals surface area (Å²) in [6.45, 7) is 2.60. The van der Waals surface area contributed by atoms with E-state index in [9.17, 15) is 4.79 Å². The van der Waals surface area contributed by atoms with E-state index in [4.69, 9.17) is 9.47 Å². The van der Waals surface area contributed by atoms with Crippen molar-refractivity contribution >= 4 is 29.0 Å². The molecule has 1 N–H and O–H groups in total. The summed E-state index contributed by atoms with van der Waals surface area (Å²) in [5.74, 6) is 2.42. The molecule has 1 aliphatic heterocycles. The number of carbonyl (C=O) groups is 1. The second-order valence-corrected chi connectivity index (χ2v) is 9.76. The molecule has 5 rings (SSSR count). The first kappa shape index (κ1) is 19.4. The standard InChI is InChI=1S/C21H22N4O3S2/c1-13(20(26)22-11-14-4-7-17-18(9-14)28-12-27-17)30-21-24-23-19(25(21)15-5-6-15)10-16-3-2-8-29-16/h2-4,7-9,13,15H,5-6,10-12H2,1H3,(H,22,26). The van der Waals surface area contributed by atoms with Crippen LogP contribution in [0, 0.1) is 0 Å². The molecular formula is C21H22N4O3S2. The molecule has 1 atom stereocenters. The molecule has 9 heteroatoms. The van der Waals surface area contributed by atoms with E-state index in [1.165, 1.54) is 16.6 Å². The van der Waals surface area contributed by atoms with Gasteiger partial charge in [0.1, 0.15) is 5.82 Å². The van der Waals surface area contributed by atoms with Crippen LogP contribution >= 0.6 is 23.1 Å². The fraction of sp³-hybridized carbons (Fsp3) is 0.381. The van der Waals surface area contributed by atoms with Crippen LogP contribution in [0.5, 0.6) is 11.5 Å². The maximum absolute atomic E-state index is 12.7. The van der Waals surface area contributed by atoms with E-state index in [-0.39, 0.29) is 18.0 Å². The van der Waals surface area contributed by atoms with Gasteiger partial charge in [-0.1, -0.05) is 23.9 Å². The van der Waals surface area contributed by atoms with Crippen LogP contribution in [-0.4, -0.2) is 32.7 Å². The molecule has 0 bridgehead atoms. The molecule has 30 heavy (non-hydrogen) atoms. The number of benzene rings is 1. The van der Waals surface area contributed by atoms with Crippen LogP contribution in [0.25, 0.3) is 0 Å². The number of ether oxygens (including phenoxy) is 2. The van der Waals surface area contributed by atoms with Crippen molar-refractivity contribution in [2.45, 2.75) is 49.2 Å². The Morgan fingerprint density at radius 1 is 1.30 bits per heavy atom. The van der Waals surface area contributed by atoms with Gasteiger partial charge in [0.05, 0.1) is 5.25 Å². The largest absolute Gasteiger partial charge is 0.454 e. The minimum absolute atomic E-state index is 0.0252. The quantitative estimate of drug-likeness (QED) is 0.535. The van der Waals surface area contributed by atoms with Gasteiger partial charge in [-0.15, -0.1) is 21.5 Å². The Morgan fingerprint density at radius 2 is 2.17 bits per heavy atom. The maximum atomic E-state index is 12.7. The van der Waals surface area contributed by atoms with Crippen molar-refractivity contribution in [1.82, 2.24) is 20.1 Å². The molecule has 2 aromatic heterocycles. The molecular weight excluding hydrogens is 420 g/mol. The Balaban J connectivity index is 1.22. The van der Waals surface area contributed by atoms with Crippen molar-refractivity contribution < 1.29 is 14.3 Å². The summed E-state index contributed by atoms with van der Waals surface area (Å²) in [5, 5.41) is 14.5. The zero-order valence-corrected chi connectivity index (χ0v) is 18.2. The first-order valence-corrected chi connectivity index (χ1v) is 11.7. The topological polar surface area (TPSA) is 78.3 Å². The highest BCUT2D eigenvalue weighted by Crippen LogP contribution is 2.40. The van der Waals surface area contributed by atoms with E-state index in [0.717, 1.165) is 47.3 Å². The molecule has 1 fully saturated rings. The highest BCUT2D eigenvalue weighted by atomic mass is 32.2. The zero-order chi connectivity index (χ0) is 20.5. The summed E-state index contributed by atoms with van der Waals surface area (Å²) >= 11 is 3.20. The Kier molecular flexibility index (Phi) is 5.39. The molecule has 7 nitrogen and oxygen atoms in total. The van der Waals surface area contributed by atoms with Gasteiger partial charge in [-0.2, -0.15) is 0 Å². The molecule has 2 aliphatic rings. The molecule has 0 saturated heterocycles. The minimum atomic E-state index is -0.268. The summed E-state index contributed by atoms with van der Waals surface area (Å²) < 4.78 is 13.0. The normalized spacial score (nSPS) is 15.9. The van der Waals surface area contributed by atoms with Gasteiger partial charge >= 0.3 is 0 Å². The van der Waals surface area contributed by atoms with Crippen molar-refractivity contribution in [3.63, 3.8) is 0 Å². The lowest BCUT2D eigenvalue weighted by Gasteiger charge is -2.13. The monoisotopic (exact) mass is 442 g/mol. The number of hydrogen-bond donors (Lipinski definition) is 1. The van der Waals surface area contributed by atoms with E-state index in [1.807, 2.05) is 25.1 Å². The molecule has 1 aromatic carbocycles. The van der Waals surface area contributed by atoms with Crippen LogP contribution in [0.3, 0.4) is 0 Å². The van der Waals surface area contributed by atoms with Crippen molar-refractivity contribution in [2.75, 3.05) is 6.79 Å². The fourth-order valence-corrected chi connectivity index (χ4v) is 5.04. The number of fused-ring (bicyclic) bond motifs is 1. The number of thiophene rings is 1. The van der Waals surface area contributed by atoms with E-state index in [2.05, 4.69) is 37.6 Å². The third-order valence-corrected chi connectivity index (χ3v) is 7.05. The number of thioether (sulfide) groups is 1. The first-order valence-electron chi connectivity index (χ1n) is 9.96. The minimum Gasteiger partial charge on any atom is -0.454 e. The Morgan fingerprint density at radius 3 is 2.97 bits per heavy atom. The summed E-state index contributed by atoms with van der Waals surface area (Å²) in [7, 11) is 0. The van der Waals surface area contributed by atoms with Crippen LogP contribution in [0.4, 0.5) is 0 Å². The fourth-order valence-electron chi connectivity index (χ4n) is 3.37. The van der Waals surface area contributed by atoms with Crippen LogP contribution in [0.15, 0.2) is 40.9 Å². The van der Waals surface area contributed by atoms with Crippen LogP contribution in [-0.2, 0) is 17.8 Å². The Bertz CT molecular complexity index is 1050. The summed E-state index contributed by atoms with van der Waals surface area (Å²) in [4.78, 5) is 13.9. The van der Waals surface area contributed by atoms with Crippen molar-refractivity contribution in [3.05, 3.63) is 52.0 Å². The number of aromatic nitrogens is 3. The highest BCUT2D eigenvalue weighted by Gasteiger charge is 2.31. The van der Waals surface area contributed by atoms with Gasteiger partial charge in [-0.05, 0) is 48.9 Å². The van der Waals surface area contributed by atoms with E-state index >= 15 is 0 Å². The summed E-state index contributed by atoms with van der Waals surface area (Å²) in [6.07, 6.45) is 3.08. The molecule has 0 spiro atoms. The third-order valence-electron chi connectivity index (χ3n) is 5.11. The molecule has 3 aromatic rings. The lowest BCUT2D eigenvalue weighted by molar-refractivity contribution is -0.120. The van der Waals surface area contributed by atoms with Gasteiger partial charge in [-0.25, -0.2) is 0 Å². The second-order valence-electron chi connectivity index (χ2n) is 7.42. The molecule has 3 heterocycles. The third kappa shape index (κ3) is 4.17. The van der Waals surface area contributed by atoms with Gasteiger partial charge in [-0.3, -0.25) is 4.79 Å². The van der Waals surface area contributed by atoms with Crippen LogP contribution in [0.2, 0.25) is 0 Å². The van der Waals surface area contributed by atoms with Crippen molar-refractivity contribution in [2.24, 2.45) is 0 Å². The average Bonchev–Trinajstić information content (AvgIpc) is 3.13. The highest BCUT2D eigenvalue weighted by molar-refractivity contribution is 8.00. The summed E-state index contributed by atoms with van der Waals surface area (Å²) in [5.41, 5.74) is 0.976. The average molecular weight is 443 g/mol. The van der Waals surface area contributed by atoms with E-state index in [1.54, 1.807) is 11.3 Å². The molecule has 1 aliphatic carbocycles. The Labute approximate surface area is 182 Å². The lowest BCUT2D eigenvalue weighted by Crippen LogP contribution is -2.30. The molecule has 1 amide bonds. The van der Waals surface area contributed by atoms with Gasteiger partial charge in [0.15, 0.2) is 16.7 Å². The molecule has 156 valence electrons. The van der Waals surface area contributed by atoms with Gasteiger partial charge in [0.2, 0.25) is 12.7 Å². The maximum Gasteiger partial charge on any atom is 0.233 e. The predicted molar refractivity (Wildman–Crippen MR) is 115 cm³/mol. The molecule has 0 radical (unpaired) electrons. The van der Waals surface area contributed by atoms with E-state index < -0.39 is 0 Å². The summed E-state index contributed by atoms with van der Waals surface area (Å²) in [6, 6.07) is 10.3. The van der Waals surface area contributed by atoms with Gasteiger partial charge in [0.25, 0.3) is 0 Å². The van der Waals surface area contributed by atoms with Crippen molar-refractivity contribution in [1.29, 1.82) is 0 Å². The number of rotatable bonds is 8. The number of amides is 1.